The number of carbonyl (C=O) groups is 1. The zero-order valence-electron chi connectivity index (χ0n) is 46.5. The van der Waals surface area contributed by atoms with Crippen molar-refractivity contribution in [2.24, 2.45) is 0 Å². The van der Waals surface area contributed by atoms with Gasteiger partial charge in [0.25, 0.3) is 0 Å². The van der Waals surface area contributed by atoms with Gasteiger partial charge in [0, 0.05) is 144 Å². The van der Waals surface area contributed by atoms with Crippen LogP contribution in [0.5, 0.6) is 0 Å². The van der Waals surface area contributed by atoms with Crippen LogP contribution in [0.4, 0.5) is 34.6 Å². The summed E-state index contributed by atoms with van der Waals surface area (Å²) < 4.78 is 7.29. The maximum atomic E-state index is 10.6. The van der Waals surface area contributed by atoms with Crippen molar-refractivity contribution in [2.75, 3.05) is 133 Å². The van der Waals surface area contributed by atoms with E-state index in [4.69, 9.17) is 33.2 Å². The topological polar surface area (TPSA) is 206 Å². The zero-order chi connectivity index (χ0) is 56.2. The number of piperidine rings is 2. The van der Waals surface area contributed by atoms with Crippen molar-refractivity contribution in [3.8, 4) is 0 Å². The van der Waals surface area contributed by atoms with Gasteiger partial charge in [0.05, 0.1) is 48.4 Å². The SMILES string of the molecule is CN1CCN(CCCn2cc(Nc3nc4c(N5CCC(CO)(c6ccc(Cl)cc6)CC5)cccn4n3)cn2)CC1.CN1CCNCC1.O=CCCn1cc(Nc2nc3c(N4CCC(CO)(c5ccc(Cl)cc5)CC4)cccn3n2)cn1. The Labute approximate surface area is 483 Å². The Balaban J connectivity index is 0.000000164. The molecule has 0 saturated carbocycles. The third-order valence-electron chi connectivity index (χ3n) is 16.4. The number of hydrogen-bond donors (Lipinski definition) is 5. The molecule has 0 bridgehead atoms. The maximum Gasteiger partial charge on any atom is 0.247 e. The van der Waals surface area contributed by atoms with E-state index in [2.05, 4.69) is 87.1 Å². The van der Waals surface area contributed by atoms with Crippen LogP contribution < -0.4 is 25.8 Å². The summed E-state index contributed by atoms with van der Waals surface area (Å²) in [7, 11) is 4.34. The van der Waals surface area contributed by atoms with E-state index in [9.17, 15) is 15.0 Å². The normalized spacial score (nSPS) is 17.8. The number of aromatic nitrogens is 10. The van der Waals surface area contributed by atoms with Gasteiger partial charge in [-0.2, -0.15) is 20.2 Å². The summed E-state index contributed by atoms with van der Waals surface area (Å²) in [5, 5.41) is 49.8. The number of aliphatic hydroxyl groups is 2. The standard InChI is InChI=1S/C29H38ClN9O.C24H26ClN7O2.C5H12N2/c1-35-16-18-36(19-17-35)11-3-12-38-21-25(20-31-38)32-28-33-27-26(4-2-13-39(27)34-28)37-14-9-29(22-40,10-15-37)23-5-7-24(30)8-6-23;25-19-6-4-18(5-7-19)24(17-34)8-12-30(13-9-24)21-3-1-11-32-22(21)28-23(29-32)27-20-15-26-31(16-20)10-2-14-33;1-7-4-2-6-3-5-7/h2,4-8,13,20-21,40H,3,9-12,14-19,22H2,1H3,(H,32,34);1,3-7,11,14-16,34H,2,8-10,12-13,17H2,(H,27,29);6H,2-5H2,1H3. The van der Waals surface area contributed by atoms with E-state index in [1.807, 2.05) is 101 Å². The van der Waals surface area contributed by atoms with Crippen molar-refractivity contribution in [3.05, 3.63) is 131 Å². The molecule has 0 atom stereocenters. The molecule has 0 unspecified atom stereocenters. The second kappa shape index (κ2) is 26.9. The molecule has 2 aromatic carbocycles. The number of piperazine rings is 2. The molecule has 4 aliphatic rings. The highest BCUT2D eigenvalue weighted by Gasteiger charge is 2.38. The number of fused-ring (bicyclic) bond motifs is 2. The monoisotopic (exact) mass is 1140 g/mol. The van der Waals surface area contributed by atoms with E-state index < -0.39 is 0 Å². The van der Waals surface area contributed by atoms with Crippen LogP contribution in [0, 0.1) is 0 Å². The number of aliphatic hydroxyl groups excluding tert-OH is 2. The number of hydrogen-bond acceptors (Lipinski definition) is 17. The molecule has 0 radical (unpaired) electrons. The number of benzene rings is 2. The van der Waals surface area contributed by atoms with Crippen molar-refractivity contribution in [3.63, 3.8) is 0 Å². The molecule has 0 amide bonds. The number of rotatable bonds is 17. The molecule has 23 heteroatoms. The fraction of sp³-hybridized carbons (Fsp3) is 0.466. The second-order valence-corrected chi connectivity index (χ2v) is 22.7. The van der Waals surface area contributed by atoms with Gasteiger partial charge in [-0.1, -0.05) is 47.5 Å². The van der Waals surface area contributed by atoms with Crippen molar-refractivity contribution in [2.45, 2.75) is 62.4 Å². The first-order valence-corrected chi connectivity index (χ1v) is 29.0. The fourth-order valence-electron chi connectivity index (χ4n) is 11.3. The highest BCUT2D eigenvalue weighted by molar-refractivity contribution is 6.30. The van der Waals surface area contributed by atoms with E-state index in [1.54, 1.807) is 15.4 Å². The van der Waals surface area contributed by atoms with Crippen LogP contribution in [0.1, 0.15) is 49.7 Å². The smallest absolute Gasteiger partial charge is 0.247 e. The molecule has 0 aliphatic carbocycles. The van der Waals surface area contributed by atoms with Gasteiger partial charge in [-0.15, -0.1) is 10.2 Å². The molecule has 0 spiro atoms. The van der Waals surface area contributed by atoms with Crippen molar-refractivity contribution >= 4 is 75.4 Å². The number of anilines is 6. The summed E-state index contributed by atoms with van der Waals surface area (Å²) >= 11 is 12.2. The predicted octanol–water partition coefficient (Wildman–Crippen LogP) is 6.45. The number of nitrogens with zero attached hydrogens (tertiary/aromatic N) is 15. The number of aryl methyl sites for hydroxylation is 2. The lowest BCUT2D eigenvalue weighted by Crippen LogP contribution is -2.45. The van der Waals surface area contributed by atoms with Gasteiger partial charge in [-0.05, 0) is 112 Å². The average Bonchev–Trinajstić information content (AvgIpc) is 4.39. The van der Waals surface area contributed by atoms with Crippen LogP contribution in [-0.4, -0.2) is 192 Å². The summed E-state index contributed by atoms with van der Waals surface area (Å²) in [6.07, 6.45) is 16.9. The number of pyridine rings is 2. The van der Waals surface area contributed by atoms with Crippen LogP contribution >= 0.6 is 23.2 Å². The van der Waals surface area contributed by atoms with Gasteiger partial charge in [0.15, 0.2) is 11.3 Å². The largest absolute Gasteiger partial charge is 0.395 e. The molecule has 8 aromatic rings. The minimum atomic E-state index is -0.267. The predicted molar refractivity (Wildman–Crippen MR) is 320 cm³/mol. The maximum absolute atomic E-state index is 10.6. The summed E-state index contributed by atoms with van der Waals surface area (Å²) in [6.45, 7) is 15.3. The van der Waals surface area contributed by atoms with Gasteiger partial charge < -0.3 is 55.5 Å². The van der Waals surface area contributed by atoms with Crippen LogP contribution in [0.2, 0.25) is 10.0 Å². The van der Waals surface area contributed by atoms with E-state index in [0.717, 1.165) is 162 Å². The lowest BCUT2D eigenvalue weighted by molar-refractivity contribution is -0.108. The Kier molecular flexibility index (Phi) is 19.1. The Hall–Kier alpha value is -6.69. The van der Waals surface area contributed by atoms with Crippen LogP contribution in [0.25, 0.3) is 11.3 Å². The molecule has 4 aliphatic heterocycles. The summed E-state index contributed by atoms with van der Waals surface area (Å²) in [4.78, 5) is 32.0. The first-order chi connectivity index (χ1) is 39.5. The van der Waals surface area contributed by atoms with Crippen LogP contribution in [0.15, 0.2) is 110 Å². The molecule has 81 heavy (non-hydrogen) atoms. The second-order valence-electron chi connectivity index (χ2n) is 21.8. The first kappa shape index (κ1) is 57.5. The van der Waals surface area contributed by atoms with Gasteiger partial charge in [0.1, 0.15) is 6.29 Å². The Morgan fingerprint density at radius 2 is 1.05 bits per heavy atom. The van der Waals surface area contributed by atoms with Crippen molar-refractivity contribution in [1.82, 2.24) is 68.8 Å². The third-order valence-corrected chi connectivity index (χ3v) is 16.9. The van der Waals surface area contributed by atoms with E-state index >= 15 is 0 Å². The summed E-state index contributed by atoms with van der Waals surface area (Å²) in [5.41, 5.74) is 7.02. The highest BCUT2D eigenvalue weighted by Crippen LogP contribution is 2.40. The molecule has 12 rings (SSSR count). The fourth-order valence-corrected chi connectivity index (χ4v) is 11.5. The quantitative estimate of drug-likeness (QED) is 0.0621. The number of aldehydes is 1. The molecule has 5 N–H and O–H groups in total. The van der Waals surface area contributed by atoms with Crippen molar-refractivity contribution < 1.29 is 15.0 Å². The van der Waals surface area contributed by atoms with Gasteiger partial charge in [0.2, 0.25) is 11.9 Å². The third kappa shape index (κ3) is 14.3. The lowest BCUT2D eigenvalue weighted by Gasteiger charge is -2.42. The number of nitrogens with one attached hydrogen (secondary N) is 3. The lowest BCUT2D eigenvalue weighted by atomic mass is 9.73. The molecular formula is C58H76Cl2N18O3. The first-order valence-electron chi connectivity index (χ1n) is 28.3. The van der Waals surface area contributed by atoms with Crippen LogP contribution in [-0.2, 0) is 28.7 Å². The molecule has 21 nitrogen and oxygen atoms in total. The number of halogens is 2. The van der Waals surface area contributed by atoms with Crippen molar-refractivity contribution in [1.29, 1.82) is 0 Å². The zero-order valence-corrected chi connectivity index (χ0v) is 48.0. The van der Waals surface area contributed by atoms with E-state index in [1.165, 1.54) is 13.1 Å². The van der Waals surface area contributed by atoms with Gasteiger partial charge >= 0.3 is 0 Å². The highest BCUT2D eigenvalue weighted by atomic mass is 35.5. The number of carbonyl (C=O) groups excluding carboxylic acids is 1. The van der Waals surface area contributed by atoms with Crippen LogP contribution in [0.3, 0.4) is 0 Å². The molecule has 10 heterocycles. The summed E-state index contributed by atoms with van der Waals surface area (Å²) in [6, 6.07) is 23.8. The Morgan fingerprint density at radius 1 is 0.593 bits per heavy atom. The molecule has 4 saturated heterocycles. The Bertz CT molecular complexity index is 3240. The molecular weight excluding hydrogens is 1070 g/mol. The minimum Gasteiger partial charge on any atom is -0.395 e. The molecule has 6 aromatic heterocycles. The van der Waals surface area contributed by atoms with Gasteiger partial charge in [-0.25, -0.2) is 9.03 Å². The Morgan fingerprint density at radius 3 is 1.48 bits per heavy atom. The number of likely N-dealkylation sites (N-methyl/N-ethyl adjacent to an activating group) is 2. The summed E-state index contributed by atoms with van der Waals surface area (Å²) in [5.74, 6) is 1.03. The van der Waals surface area contributed by atoms with E-state index in [-0.39, 0.29) is 24.0 Å². The molecule has 430 valence electrons. The average molecular weight is 1140 g/mol. The van der Waals surface area contributed by atoms with E-state index in [0.29, 0.717) is 34.9 Å². The molecule has 4 fully saturated rings. The minimum absolute atomic E-state index is 0.103. The van der Waals surface area contributed by atoms with Gasteiger partial charge in [-0.3, -0.25) is 9.36 Å².